The first kappa shape index (κ1) is 16.5. The van der Waals surface area contributed by atoms with E-state index in [-0.39, 0.29) is 17.5 Å². The maximum Gasteiger partial charge on any atom is 0.175 e. The molecule has 0 aliphatic rings. The highest BCUT2D eigenvalue weighted by Crippen LogP contribution is 2.18. The van der Waals surface area contributed by atoms with E-state index >= 15 is 0 Å². The molecular weight excluding hydrogens is 276 g/mol. The van der Waals surface area contributed by atoms with Crippen molar-refractivity contribution < 1.29 is 13.2 Å². The Morgan fingerprint density at radius 1 is 1.45 bits per heavy atom. The number of hydrogen-bond acceptors (Lipinski definition) is 5. The molecule has 1 rings (SSSR count). The lowest BCUT2D eigenvalue weighted by atomic mass is 10.1. The highest BCUT2D eigenvalue weighted by atomic mass is 32.2. The second-order valence-corrected chi connectivity index (χ2v) is 7.29. The molecule has 0 saturated heterocycles. The van der Waals surface area contributed by atoms with Crippen molar-refractivity contribution in [2.75, 3.05) is 12.9 Å². The van der Waals surface area contributed by atoms with Gasteiger partial charge in [0, 0.05) is 12.3 Å². The van der Waals surface area contributed by atoms with Crippen LogP contribution in [0.15, 0.2) is 29.2 Å². The van der Waals surface area contributed by atoms with E-state index < -0.39 is 15.4 Å². The molecule has 0 bridgehead atoms. The SMILES string of the molecule is CC(C)NC(C)(C#N)COc1cccc(S(C)(=O)=O)c1. The molecule has 20 heavy (non-hydrogen) atoms. The van der Waals surface area contributed by atoms with E-state index in [1.54, 1.807) is 19.1 Å². The fourth-order valence-corrected chi connectivity index (χ4v) is 2.42. The van der Waals surface area contributed by atoms with Crippen molar-refractivity contribution >= 4 is 9.84 Å². The van der Waals surface area contributed by atoms with Crippen LogP contribution in [0, 0.1) is 11.3 Å². The van der Waals surface area contributed by atoms with Crippen LogP contribution in [0.4, 0.5) is 0 Å². The number of sulfone groups is 1. The third-order valence-electron chi connectivity index (χ3n) is 2.62. The van der Waals surface area contributed by atoms with E-state index in [1.165, 1.54) is 12.1 Å². The van der Waals surface area contributed by atoms with Gasteiger partial charge in [-0.05, 0) is 39.0 Å². The lowest BCUT2D eigenvalue weighted by Gasteiger charge is -2.25. The maximum atomic E-state index is 11.5. The van der Waals surface area contributed by atoms with Crippen molar-refractivity contribution in [2.45, 2.75) is 37.2 Å². The number of benzene rings is 1. The lowest BCUT2D eigenvalue weighted by Crippen LogP contribution is -2.49. The van der Waals surface area contributed by atoms with Crippen molar-refractivity contribution in [3.05, 3.63) is 24.3 Å². The Hall–Kier alpha value is -1.58. The van der Waals surface area contributed by atoms with Crippen molar-refractivity contribution in [1.29, 1.82) is 5.26 Å². The molecule has 1 unspecified atom stereocenters. The molecule has 1 aromatic rings. The van der Waals surface area contributed by atoms with Crippen molar-refractivity contribution in [1.82, 2.24) is 5.32 Å². The molecule has 0 radical (unpaired) electrons. The minimum Gasteiger partial charge on any atom is -0.491 e. The minimum atomic E-state index is -3.26. The fraction of sp³-hybridized carbons (Fsp3) is 0.500. The molecule has 0 saturated carbocycles. The summed E-state index contributed by atoms with van der Waals surface area (Å²) in [5, 5.41) is 12.3. The summed E-state index contributed by atoms with van der Waals surface area (Å²) in [4.78, 5) is 0.200. The largest absolute Gasteiger partial charge is 0.491 e. The number of nitrogens with zero attached hydrogens (tertiary/aromatic N) is 1. The average Bonchev–Trinajstić information content (AvgIpc) is 2.35. The Labute approximate surface area is 120 Å². The van der Waals surface area contributed by atoms with E-state index in [2.05, 4.69) is 11.4 Å². The standard InChI is InChI=1S/C14H20N2O3S/c1-11(2)16-14(3,9-15)10-19-12-6-5-7-13(8-12)20(4,17)18/h5-8,11,16H,10H2,1-4H3. The van der Waals surface area contributed by atoms with E-state index in [9.17, 15) is 13.7 Å². The van der Waals surface area contributed by atoms with Crippen LogP contribution in [0.3, 0.4) is 0 Å². The molecule has 5 nitrogen and oxygen atoms in total. The van der Waals surface area contributed by atoms with Crippen LogP contribution >= 0.6 is 0 Å². The van der Waals surface area contributed by atoms with Gasteiger partial charge >= 0.3 is 0 Å². The average molecular weight is 296 g/mol. The van der Waals surface area contributed by atoms with Gasteiger partial charge in [-0.25, -0.2) is 8.42 Å². The maximum absolute atomic E-state index is 11.5. The van der Waals surface area contributed by atoms with Crippen molar-refractivity contribution in [2.24, 2.45) is 0 Å². The first-order valence-electron chi connectivity index (χ1n) is 6.28. The second kappa shape index (κ2) is 6.25. The monoisotopic (exact) mass is 296 g/mol. The fourth-order valence-electron chi connectivity index (χ4n) is 1.77. The Balaban J connectivity index is 2.83. The van der Waals surface area contributed by atoms with Gasteiger partial charge in [0.2, 0.25) is 0 Å². The van der Waals surface area contributed by atoms with Gasteiger partial charge in [-0.1, -0.05) is 6.07 Å². The number of hydrogen-bond donors (Lipinski definition) is 1. The first-order chi connectivity index (χ1) is 9.16. The van der Waals surface area contributed by atoms with E-state index in [1.807, 2.05) is 13.8 Å². The van der Waals surface area contributed by atoms with Gasteiger partial charge in [0.25, 0.3) is 0 Å². The summed E-state index contributed by atoms with van der Waals surface area (Å²) in [6, 6.07) is 8.57. The Bertz CT molecular complexity index is 605. The van der Waals surface area contributed by atoms with Gasteiger partial charge < -0.3 is 4.74 Å². The summed E-state index contributed by atoms with van der Waals surface area (Å²) in [5.41, 5.74) is -0.824. The smallest absolute Gasteiger partial charge is 0.175 e. The number of rotatable bonds is 6. The number of ether oxygens (including phenoxy) is 1. The summed E-state index contributed by atoms with van der Waals surface area (Å²) in [6.07, 6.45) is 1.14. The molecular formula is C14H20N2O3S. The quantitative estimate of drug-likeness (QED) is 0.865. The first-order valence-corrected chi connectivity index (χ1v) is 8.17. The highest BCUT2D eigenvalue weighted by Gasteiger charge is 2.25. The van der Waals surface area contributed by atoms with Gasteiger partial charge in [0.15, 0.2) is 9.84 Å². The minimum absolute atomic E-state index is 0.134. The molecule has 0 aliphatic carbocycles. The summed E-state index contributed by atoms with van der Waals surface area (Å²) in [6.45, 7) is 5.77. The number of nitrogens with one attached hydrogen (secondary N) is 1. The predicted molar refractivity (Wildman–Crippen MR) is 77.3 cm³/mol. The normalized spacial score (nSPS) is 14.6. The van der Waals surface area contributed by atoms with Gasteiger partial charge in [-0.15, -0.1) is 0 Å². The zero-order valence-electron chi connectivity index (χ0n) is 12.2. The Morgan fingerprint density at radius 2 is 2.10 bits per heavy atom. The van der Waals surface area contributed by atoms with Crippen molar-refractivity contribution in [3.63, 3.8) is 0 Å². The molecule has 6 heteroatoms. The Morgan fingerprint density at radius 3 is 2.60 bits per heavy atom. The van der Waals surface area contributed by atoms with Crippen LogP contribution < -0.4 is 10.1 Å². The molecule has 110 valence electrons. The zero-order chi connectivity index (χ0) is 15.4. The molecule has 0 spiro atoms. The zero-order valence-corrected chi connectivity index (χ0v) is 13.0. The van der Waals surface area contributed by atoms with Crippen LogP contribution in [0.2, 0.25) is 0 Å². The van der Waals surface area contributed by atoms with E-state index in [4.69, 9.17) is 4.74 Å². The summed E-state index contributed by atoms with van der Waals surface area (Å²) < 4.78 is 28.5. The van der Waals surface area contributed by atoms with Gasteiger partial charge in [-0.3, -0.25) is 5.32 Å². The third kappa shape index (κ3) is 4.83. The van der Waals surface area contributed by atoms with Crippen LogP contribution in [0.5, 0.6) is 5.75 Å². The molecule has 0 amide bonds. The number of nitriles is 1. The third-order valence-corrected chi connectivity index (χ3v) is 3.73. The van der Waals surface area contributed by atoms with E-state index in [0.29, 0.717) is 5.75 Å². The molecule has 0 fully saturated rings. The second-order valence-electron chi connectivity index (χ2n) is 5.28. The van der Waals surface area contributed by atoms with Crippen molar-refractivity contribution in [3.8, 4) is 11.8 Å². The summed E-state index contributed by atoms with van der Waals surface area (Å²) in [7, 11) is -3.26. The molecule has 0 heterocycles. The topological polar surface area (TPSA) is 79.2 Å². The highest BCUT2D eigenvalue weighted by molar-refractivity contribution is 7.90. The molecule has 0 aliphatic heterocycles. The predicted octanol–water partition coefficient (Wildman–Crippen LogP) is 1.75. The Kier molecular flexibility index (Phi) is 5.15. The van der Waals surface area contributed by atoms with Gasteiger partial charge in [0.1, 0.15) is 17.9 Å². The van der Waals surface area contributed by atoms with Crippen LogP contribution in [0.25, 0.3) is 0 Å². The molecule has 0 aromatic heterocycles. The summed E-state index contributed by atoms with van der Waals surface area (Å²) >= 11 is 0. The molecule has 1 N–H and O–H groups in total. The summed E-state index contributed by atoms with van der Waals surface area (Å²) in [5.74, 6) is 0.431. The lowest BCUT2D eigenvalue weighted by molar-refractivity contribution is 0.224. The van der Waals surface area contributed by atoms with Gasteiger partial charge in [0.05, 0.1) is 11.0 Å². The molecule has 1 atom stereocenters. The molecule has 1 aromatic carbocycles. The van der Waals surface area contributed by atoms with E-state index in [0.717, 1.165) is 6.26 Å². The van der Waals surface area contributed by atoms with Crippen LogP contribution in [0.1, 0.15) is 20.8 Å². The van der Waals surface area contributed by atoms with Crippen LogP contribution in [-0.4, -0.2) is 32.9 Å². The van der Waals surface area contributed by atoms with Gasteiger partial charge in [-0.2, -0.15) is 5.26 Å². The van der Waals surface area contributed by atoms with Crippen LogP contribution in [-0.2, 0) is 9.84 Å².